The maximum atomic E-state index is 12.7. The molecule has 0 atom stereocenters. The first kappa shape index (κ1) is 17.6. The lowest BCUT2D eigenvalue weighted by Gasteiger charge is -2.25. The van der Waals surface area contributed by atoms with Gasteiger partial charge >= 0.3 is 5.97 Å². The maximum Gasteiger partial charge on any atom is 0.338 e. The van der Waals surface area contributed by atoms with Crippen molar-refractivity contribution in [2.75, 3.05) is 13.1 Å². The highest BCUT2D eigenvalue weighted by Crippen LogP contribution is 2.21. The number of aryl methyl sites for hydroxylation is 1. The average Bonchev–Trinajstić information content (AvgIpc) is 3.06. The topological polar surface area (TPSA) is 89.7 Å². The number of carbonyl (C=O) groups excluding carboxylic acids is 1. The molecule has 2 aromatic rings. The summed E-state index contributed by atoms with van der Waals surface area (Å²) in [5.74, 6) is 0.0250. The van der Waals surface area contributed by atoms with Gasteiger partial charge in [-0.05, 0) is 38.0 Å². The van der Waals surface area contributed by atoms with Gasteiger partial charge in [0.1, 0.15) is 18.1 Å². The Morgan fingerprint density at radius 3 is 2.68 bits per heavy atom. The van der Waals surface area contributed by atoms with Crippen molar-refractivity contribution in [3.8, 4) is 0 Å². The van der Waals surface area contributed by atoms with Crippen LogP contribution in [0.25, 0.3) is 0 Å². The van der Waals surface area contributed by atoms with Gasteiger partial charge in [0.2, 0.25) is 10.0 Å². The molecule has 0 saturated carbocycles. The summed E-state index contributed by atoms with van der Waals surface area (Å²) >= 11 is 0. The number of hydrogen-bond acceptors (Lipinski definition) is 6. The van der Waals surface area contributed by atoms with Gasteiger partial charge < -0.3 is 9.26 Å². The molecule has 0 aliphatic carbocycles. The molecule has 0 spiro atoms. The Morgan fingerprint density at radius 1 is 1.24 bits per heavy atom. The molecule has 1 fully saturated rings. The summed E-state index contributed by atoms with van der Waals surface area (Å²) in [7, 11) is -3.58. The highest BCUT2D eigenvalue weighted by Gasteiger charge is 2.26. The Bertz CT molecular complexity index is 853. The fraction of sp³-hybridized carbons (Fsp3) is 0.412. The quantitative estimate of drug-likeness (QED) is 0.757. The van der Waals surface area contributed by atoms with Gasteiger partial charge in [0.15, 0.2) is 0 Å². The molecule has 7 nitrogen and oxygen atoms in total. The summed E-state index contributed by atoms with van der Waals surface area (Å²) in [6, 6.07) is 7.62. The summed E-state index contributed by atoms with van der Waals surface area (Å²) in [5, 5.41) is 3.74. The molecule has 1 saturated heterocycles. The summed E-state index contributed by atoms with van der Waals surface area (Å²) in [4.78, 5) is 12.3. The molecule has 0 radical (unpaired) electrons. The van der Waals surface area contributed by atoms with Crippen LogP contribution in [0.4, 0.5) is 0 Å². The number of hydrogen-bond donors (Lipinski definition) is 0. The molecule has 1 aromatic carbocycles. The number of piperidine rings is 1. The summed E-state index contributed by atoms with van der Waals surface area (Å²) in [5.41, 5.74) is 0.696. The van der Waals surface area contributed by atoms with Crippen molar-refractivity contribution in [1.29, 1.82) is 0 Å². The van der Waals surface area contributed by atoms with E-state index in [0.717, 1.165) is 19.3 Å². The zero-order chi connectivity index (χ0) is 17.9. The van der Waals surface area contributed by atoms with Crippen molar-refractivity contribution < 1.29 is 22.5 Å². The van der Waals surface area contributed by atoms with Crippen LogP contribution >= 0.6 is 0 Å². The van der Waals surface area contributed by atoms with E-state index in [1.165, 1.54) is 22.5 Å². The van der Waals surface area contributed by atoms with Crippen molar-refractivity contribution in [3.05, 3.63) is 47.3 Å². The highest BCUT2D eigenvalue weighted by atomic mass is 32.2. The van der Waals surface area contributed by atoms with Gasteiger partial charge in [0.05, 0.1) is 10.5 Å². The van der Waals surface area contributed by atoms with E-state index in [9.17, 15) is 13.2 Å². The molecule has 1 aliphatic rings. The van der Waals surface area contributed by atoms with Gasteiger partial charge in [-0.15, -0.1) is 0 Å². The Morgan fingerprint density at radius 2 is 2.00 bits per heavy atom. The zero-order valence-corrected chi connectivity index (χ0v) is 14.8. The van der Waals surface area contributed by atoms with Crippen molar-refractivity contribution in [2.24, 2.45) is 0 Å². The minimum absolute atomic E-state index is 0.0285. The molecule has 2 heterocycles. The highest BCUT2D eigenvalue weighted by molar-refractivity contribution is 7.89. The molecule has 3 rings (SSSR count). The SMILES string of the molecule is Cc1cc(COC(=O)c2cccc(S(=O)(=O)N3CCCCC3)c2)no1. The molecule has 25 heavy (non-hydrogen) atoms. The second-order valence-electron chi connectivity index (χ2n) is 6.00. The standard InChI is InChI=1S/C17H20N2O5S/c1-13-10-15(18-24-13)12-23-17(20)14-6-5-7-16(11-14)25(21,22)19-8-3-2-4-9-19/h5-7,10-11H,2-4,8-9,12H2,1H3. The van der Waals surface area contributed by atoms with Crippen LogP contribution in [0.15, 0.2) is 39.8 Å². The number of benzene rings is 1. The number of rotatable bonds is 5. The minimum atomic E-state index is -3.58. The van der Waals surface area contributed by atoms with Crippen LogP contribution in [0.3, 0.4) is 0 Å². The molecular formula is C17H20N2O5S. The van der Waals surface area contributed by atoms with E-state index in [0.29, 0.717) is 24.5 Å². The van der Waals surface area contributed by atoms with Gasteiger partial charge in [-0.1, -0.05) is 17.6 Å². The first-order chi connectivity index (χ1) is 12.0. The van der Waals surface area contributed by atoms with Crippen LogP contribution in [0.5, 0.6) is 0 Å². The minimum Gasteiger partial charge on any atom is -0.455 e. The van der Waals surface area contributed by atoms with Gasteiger partial charge in [-0.3, -0.25) is 0 Å². The van der Waals surface area contributed by atoms with Gasteiger partial charge in [0, 0.05) is 19.2 Å². The number of sulfonamides is 1. The first-order valence-electron chi connectivity index (χ1n) is 8.16. The van der Waals surface area contributed by atoms with Crippen molar-refractivity contribution in [2.45, 2.75) is 37.7 Å². The van der Waals surface area contributed by atoms with Crippen LogP contribution in [0, 0.1) is 6.92 Å². The number of nitrogens with zero attached hydrogens (tertiary/aromatic N) is 2. The van der Waals surface area contributed by atoms with Crippen molar-refractivity contribution in [1.82, 2.24) is 9.46 Å². The predicted octanol–water partition coefficient (Wildman–Crippen LogP) is 2.51. The molecule has 0 N–H and O–H groups in total. The maximum absolute atomic E-state index is 12.7. The largest absolute Gasteiger partial charge is 0.455 e. The van der Waals surface area contributed by atoms with E-state index >= 15 is 0 Å². The number of esters is 1. The monoisotopic (exact) mass is 364 g/mol. The average molecular weight is 364 g/mol. The molecule has 1 aliphatic heterocycles. The molecule has 8 heteroatoms. The first-order valence-corrected chi connectivity index (χ1v) is 9.60. The van der Waals surface area contributed by atoms with Crippen molar-refractivity contribution in [3.63, 3.8) is 0 Å². The lowest BCUT2D eigenvalue weighted by atomic mass is 10.2. The lowest BCUT2D eigenvalue weighted by molar-refractivity contribution is 0.0464. The Kier molecular flexibility index (Phi) is 5.19. The lowest BCUT2D eigenvalue weighted by Crippen LogP contribution is -2.35. The van der Waals surface area contributed by atoms with Gasteiger partial charge in [-0.25, -0.2) is 13.2 Å². The number of ether oxygens (including phenoxy) is 1. The van der Waals surface area contributed by atoms with E-state index in [1.807, 2.05) is 0 Å². The Hall–Kier alpha value is -2.19. The Balaban J connectivity index is 1.73. The van der Waals surface area contributed by atoms with E-state index in [1.54, 1.807) is 19.1 Å². The molecule has 0 bridgehead atoms. The van der Waals surface area contributed by atoms with Crippen LogP contribution in [0.2, 0.25) is 0 Å². The predicted molar refractivity (Wildman–Crippen MR) is 89.4 cm³/mol. The molecule has 0 amide bonds. The van der Waals surface area contributed by atoms with Gasteiger partial charge in [-0.2, -0.15) is 4.31 Å². The van der Waals surface area contributed by atoms with Crippen LogP contribution in [-0.2, 0) is 21.4 Å². The number of aromatic nitrogens is 1. The third-order valence-electron chi connectivity index (χ3n) is 4.05. The van der Waals surface area contributed by atoms with Gasteiger partial charge in [0.25, 0.3) is 0 Å². The second-order valence-corrected chi connectivity index (χ2v) is 7.94. The van der Waals surface area contributed by atoms with E-state index in [-0.39, 0.29) is 17.1 Å². The fourth-order valence-corrected chi connectivity index (χ4v) is 4.31. The zero-order valence-electron chi connectivity index (χ0n) is 14.0. The molecule has 134 valence electrons. The summed E-state index contributed by atoms with van der Waals surface area (Å²) in [6.07, 6.45) is 2.76. The van der Waals surface area contributed by atoms with Crippen LogP contribution in [-0.4, -0.2) is 36.9 Å². The van der Waals surface area contributed by atoms with Crippen LogP contribution in [0.1, 0.15) is 41.1 Å². The summed E-state index contributed by atoms with van der Waals surface area (Å²) in [6.45, 7) is 2.75. The van der Waals surface area contributed by atoms with E-state index in [4.69, 9.17) is 9.26 Å². The van der Waals surface area contributed by atoms with E-state index < -0.39 is 16.0 Å². The number of carbonyl (C=O) groups is 1. The molecule has 0 unspecified atom stereocenters. The smallest absolute Gasteiger partial charge is 0.338 e. The third kappa shape index (κ3) is 4.08. The Labute approximate surface area is 146 Å². The fourth-order valence-electron chi connectivity index (χ4n) is 2.75. The molecule has 1 aromatic heterocycles. The van der Waals surface area contributed by atoms with Crippen molar-refractivity contribution >= 4 is 16.0 Å². The second kappa shape index (κ2) is 7.37. The normalized spacial score (nSPS) is 15.9. The van der Waals surface area contributed by atoms with Crippen LogP contribution < -0.4 is 0 Å². The molecular weight excluding hydrogens is 344 g/mol. The summed E-state index contributed by atoms with van der Waals surface area (Å²) < 4.78 is 36.9. The van der Waals surface area contributed by atoms with E-state index in [2.05, 4.69) is 5.16 Å². The third-order valence-corrected chi connectivity index (χ3v) is 5.95.